The van der Waals surface area contributed by atoms with E-state index in [1.54, 1.807) is 0 Å². The Balaban J connectivity index is 1.84. The number of ether oxygens (including phenoxy) is 1. The van der Waals surface area contributed by atoms with Gasteiger partial charge in [-0.25, -0.2) is 0 Å². The Labute approximate surface area is 107 Å². The van der Waals surface area contributed by atoms with E-state index in [0.29, 0.717) is 12.6 Å². The quantitative estimate of drug-likeness (QED) is 0.892. The monoisotopic (exact) mass is 251 g/mol. The van der Waals surface area contributed by atoms with E-state index >= 15 is 0 Å². The van der Waals surface area contributed by atoms with E-state index in [1.165, 1.54) is 24.8 Å². The van der Waals surface area contributed by atoms with Gasteiger partial charge in [-0.15, -0.1) is 0 Å². The van der Waals surface area contributed by atoms with Crippen molar-refractivity contribution in [1.82, 2.24) is 0 Å². The molecule has 2 N–H and O–H groups in total. The molecule has 2 aliphatic carbocycles. The Morgan fingerprint density at radius 2 is 2.12 bits per heavy atom. The molecule has 0 atom stereocenters. The second-order valence-electron chi connectivity index (χ2n) is 5.30. The molecule has 0 amide bonds. The number of hydrogen-bond acceptors (Lipinski definition) is 2. The molecule has 0 aromatic heterocycles. The summed E-state index contributed by atoms with van der Waals surface area (Å²) in [6, 6.07) is 6.19. The summed E-state index contributed by atoms with van der Waals surface area (Å²) in [4.78, 5) is 0. The van der Waals surface area contributed by atoms with Crippen LogP contribution in [0.25, 0.3) is 0 Å². The lowest BCUT2D eigenvalue weighted by Gasteiger charge is -2.41. The van der Waals surface area contributed by atoms with Crippen LogP contribution in [0.5, 0.6) is 5.75 Å². The number of hydrogen-bond donors (Lipinski definition) is 1. The molecule has 0 aliphatic heterocycles. The van der Waals surface area contributed by atoms with Crippen LogP contribution < -0.4 is 10.5 Å². The van der Waals surface area contributed by atoms with Crippen molar-refractivity contribution in [3.63, 3.8) is 0 Å². The second-order valence-corrected chi connectivity index (χ2v) is 5.71. The van der Waals surface area contributed by atoms with Crippen LogP contribution in [0.1, 0.15) is 37.7 Å². The van der Waals surface area contributed by atoms with E-state index < -0.39 is 0 Å². The molecule has 0 saturated heterocycles. The Kier molecular flexibility index (Phi) is 2.80. The van der Waals surface area contributed by atoms with Gasteiger partial charge < -0.3 is 10.5 Å². The molecule has 2 fully saturated rings. The smallest absolute Gasteiger partial charge is 0.138 e. The van der Waals surface area contributed by atoms with Crippen molar-refractivity contribution >= 4 is 11.6 Å². The molecule has 1 aromatic carbocycles. The standard InChI is InChI=1S/C14H18ClNO/c15-12-8-10(14(9-16)6-1-7-14)2-5-13(12)17-11-3-4-11/h2,5,8,11H,1,3-4,6-7,9,16H2. The van der Waals surface area contributed by atoms with Crippen LogP contribution in [0.3, 0.4) is 0 Å². The average molecular weight is 252 g/mol. The first-order valence-corrected chi connectivity index (χ1v) is 6.78. The summed E-state index contributed by atoms with van der Waals surface area (Å²) in [6.07, 6.45) is 6.35. The molecule has 17 heavy (non-hydrogen) atoms. The zero-order valence-corrected chi connectivity index (χ0v) is 10.7. The number of nitrogens with two attached hydrogens (primary N) is 1. The van der Waals surface area contributed by atoms with Crippen LogP contribution in [-0.4, -0.2) is 12.6 Å². The predicted octanol–water partition coefficient (Wildman–Crippen LogP) is 3.26. The minimum atomic E-state index is 0.182. The van der Waals surface area contributed by atoms with Crippen LogP contribution in [0, 0.1) is 0 Å². The summed E-state index contributed by atoms with van der Waals surface area (Å²) in [6.45, 7) is 0.714. The lowest BCUT2D eigenvalue weighted by atomic mass is 9.64. The van der Waals surface area contributed by atoms with Gasteiger partial charge in [0.15, 0.2) is 0 Å². The molecule has 2 aliphatic rings. The van der Waals surface area contributed by atoms with Gasteiger partial charge in [-0.1, -0.05) is 24.1 Å². The summed E-state index contributed by atoms with van der Waals surface area (Å²) >= 11 is 6.28. The molecule has 2 saturated carbocycles. The average Bonchev–Trinajstić information content (AvgIpc) is 3.05. The third kappa shape index (κ3) is 2.04. The Morgan fingerprint density at radius 1 is 1.35 bits per heavy atom. The lowest BCUT2D eigenvalue weighted by molar-refractivity contribution is 0.252. The largest absolute Gasteiger partial charge is 0.489 e. The summed E-state index contributed by atoms with van der Waals surface area (Å²) in [5.74, 6) is 0.824. The molecule has 3 rings (SSSR count). The summed E-state index contributed by atoms with van der Waals surface area (Å²) < 4.78 is 5.75. The minimum absolute atomic E-state index is 0.182. The molecule has 0 bridgehead atoms. The maximum Gasteiger partial charge on any atom is 0.138 e. The highest BCUT2D eigenvalue weighted by Crippen LogP contribution is 2.44. The highest BCUT2D eigenvalue weighted by Gasteiger charge is 2.37. The van der Waals surface area contributed by atoms with Crippen LogP contribution >= 0.6 is 11.6 Å². The van der Waals surface area contributed by atoms with Gasteiger partial charge in [0.05, 0.1) is 11.1 Å². The van der Waals surface area contributed by atoms with E-state index in [0.717, 1.165) is 23.6 Å². The van der Waals surface area contributed by atoms with Gasteiger partial charge in [0, 0.05) is 12.0 Å². The van der Waals surface area contributed by atoms with E-state index in [2.05, 4.69) is 6.07 Å². The Bertz CT molecular complexity index is 419. The van der Waals surface area contributed by atoms with E-state index in [4.69, 9.17) is 22.1 Å². The third-order valence-corrected chi connectivity index (χ3v) is 4.36. The molecule has 2 nitrogen and oxygen atoms in total. The van der Waals surface area contributed by atoms with Gasteiger partial charge >= 0.3 is 0 Å². The minimum Gasteiger partial charge on any atom is -0.489 e. The van der Waals surface area contributed by atoms with E-state index in [-0.39, 0.29) is 5.41 Å². The van der Waals surface area contributed by atoms with Crippen LogP contribution in [-0.2, 0) is 5.41 Å². The fourth-order valence-corrected chi connectivity index (χ4v) is 2.73. The summed E-state index contributed by atoms with van der Waals surface area (Å²) in [7, 11) is 0. The van der Waals surface area contributed by atoms with Crippen LogP contribution in [0.15, 0.2) is 18.2 Å². The maximum atomic E-state index is 6.28. The van der Waals surface area contributed by atoms with Crippen molar-refractivity contribution in [3.8, 4) is 5.75 Å². The van der Waals surface area contributed by atoms with Crippen molar-refractivity contribution < 1.29 is 4.74 Å². The van der Waals surface area contributed by atoms with Gasteiger partial charge in [-0.3, -0.25) is 0 Å². The highest BCUT2D eigenvalue weighted by molar-refractivity contribution is 6.32. The molecule has 0 spiro atoms. The molecule has 0 radical (unpaired) electrons. The second kappa shape index (κ2) is 4.18. The molecule has 1 aromatic rings. The van der Waals surface area contributed by atoms with Crippen molar-refractivity contribution in [2.45, 2.75) is 43.6 Å². The molecule has 0 unspecified atom stereocenters. The van der Waals surface area contributed by atoms with E-state index in [1.807, 2.05) is 12.1 Å². The number of halogens is 1. The molecule has 0 heterocycles. The fourth-order valence-electron chi connectivity index (χ4n) is 2.51. The van der Waals surface area contributed by atoms with Gasteiger partial charge in [-0.05, 0) is 43.4 Å². The van der Waals surface area contributed by atoms with Crippen LogP contribution in [0.2, 0.25) is 5.02 Å². The van der Waals surface area contributed by atoms with Crippen molar-refractivity contribution in [1.29, 1.82) is 0 Å². The first kappa shape index (κ1) is 11.4. The molecular formula is C14H18ClNO. The molecule has 3 heteroatoms. The fraction of sp³-hybridized carbons (Fsp3) is 0.571. The topological polar surface area (TPSA) is 35.2 Å². The van der Waals surface area contributed by atoms with Gasteiger partial charge in [-0.2, -0.15) is 0 Å². The normalized spacial score (nSPS) is 22.0. The zero-order valence-electron chi connectivity index (χ0n) is 9.92. The summed E-state index contributed by atoms with van der Waals surface area (Å²) in [5.41, 5.74) is 7.36. The number of benzene rings is 1. The predicted molar refractivity (Wildman–Crippen MR) is 69.7 cm³/mol. The van der Waals surface area contributed by atoms with E-state index in [9.17, 15) is 0 Å². The van der Waals surface area contributed by atoms with Crippen LogP contribution in [0.4, 0.5) is 0 Å². The van der Waals surface area contributed by atoms with Crippen molar-refractivity contribution in [2.24, 2.45) is 5.73 Å². The third-order valence-electron chi connectivity index (χ3n) is 4.06. The van der Waals surface area contributed by atoms with Crippen molar-refractivity contribution in [2.75, 3.05) is 6.54 Å². The molecular weight excluding hydrogens is 234 g/mol. The first-order valence-electron chi connectivity index (χ1n) is 6.40. The SMILES string of the molecule is NCC1(c2ccc(OC3CC3)c(Cl)c2)CCC1. The van der Waals surface area contributed by atoms with Crippen molar-refractivity contribution in [3.05, 3.63) is 28.8 Å². The highest BCUT2D eigenvalue weighted by atomic mass is 35.5. The first-order chi connectivity index (χ1) is 8.23. The Morgan fingerprint density at radius 3 is 2.59 bits per heavy atom. The lowest BCUT2D eigenvalue weighted by Crippen LogP contribution is -2.41. The molecule has 92 valence electrons. The zero-order chi connectivity index (χ0) is 11.9. The number of rotatable bonds is 4. The maximum absolute atomic E-state index is 6.28. The Hall–Kier alpha value is -0.730. The van der Waals surface area contributed by atoms with Gasteiger partial charge in [0.1, 0.15) is 5.75 Å². The summed E-state index contributed by atoms with van der Waals surface area (Å²) in [5, 5.41) is 0.731. The van der Waals surface area contributed by atoms with Gasteiger partial charge in [0.25, 0.3) is 0 Å². The van der Waals surface area contributed by atoms with Gasteiger partial charge in [0.2, 0.25) is 0 Å².